The lowest BCUT2D eigenvalue weighted by atomic mass is 10.0. The monoisotopic (exact) mass is 184 g/mol. The Kier molecular flexibility index (Phi) is 2.71. The molecule has 0 aromatic heterocycles. The molecule has 0 radical (unpaired) electrons. The average Bonchev–Trinajstić information content (AvgIpc) is 2.04. The topological polar surface area (TPSA) is 37.3 Å². The number of aliphatic carboxylic acids is 1. The van der Waals surface area contributed by atoms with Crippen molar-refractivity contribution in [2.24, 2.45) is 0 Å². The molecule has 1 rings (SSSR count). The maximum Gasteiger partial charge on any atom is 0.310 e. The summed E-state index contributed by atoms with van der Waals surface area (Å²) in [4.78, 5) is 10.6. The van der Waals surface area contributed by atoms with Crippen molar-refractivity contribution in [2.75, 3.05) is 0 Å². The highest BCUT2D eigenvalue weighted by atomic mass is 35.5. The summed E-state index contributed by atoms with van der Waals surface area (Å²) < 4.78 is 0. The van der Waals surface area contributed by atoms with Gasteiger partial charge in [-0.3, -0.25) is 4.79 Å². The number of carbonyl (C=O) groups is 1. The van der Waals surface area contributed by atoms with Crippen LogP contribution >= 0.6 is 11.6 Å². The van der Waals surface area contributed by atoms with Crippen LogP contribution < -0.4 is 0 Å². The Morgan fingerprint density at radius 2 is 2.08 bits per heavy atom. The second kappa shape index (κ2) is 3.59. The smallest absolute Gasteiger partial charge is 0.310 e. The van der Waals surface area contributed by atoms with E-state index in [0.29, 0.717) is 10.6 Å². The van der Waals surface area contributed by atoms with Gasteiger partial charge in [0, 0.05) is 5.02 Å². The highest BCUT2D eigenvalue weighted by Gasteiger charge is 2.15. The molecule has 2 nitrogen and oxygen atoms in total. The third kappa shape index (κ3) is 1.77. The summed E-state index contributed by atoms with van der Waals surface area (Å²) in [7, 11) is 0. The van der Waals surface area contributed by atoms with E-state index in [-0.39, 0.29) is 0 Å². The number of carboxylic acid groups (broad SMARTS) is 1. The van der Waals surface area contributed by atoms with Gasteiger partial charge >= 0.3 is 5.97 Å². The molecule has 0 spiro atoms. The van der Waals surface area contributed by atoms with Gasteiger partial charge in [0.15, 0.2) is 0 Å². The zero-order valence-corrected chi connectivity index (χ0v) is 7.38. The maximum absolute atomic E-state index is 10.6. The predicted octanol–water partition coefficient (Wildman–Crippen LogP) is 2.53. The van der Waals surface area contributed by atoms with Gasteiger partial charge in [0.2, 0.25) is 0 Å². The van der Waals surface area contributed by atoms with Gasteiger partial charge in [-0.25, -0.2) is 0 Å². The van der Waals surface area contributed by atoms with E-state index in [9.17, 15) is 4.79 Å². The van der Waals surface area contributed by atoms with Gasteiger partial charge in [0.05, 0.1) is 5.92 Å². The fraction of sp³-hybridized carbons (Fsp3) is 0.222. The van der Waals surface area contributed by atoms with Gasteiger partial charge in [-0.05, 0) is 18.6 Å². The van der Waals surface area contributed by atoms with Gasteiger partial charge in [-0.1, -0.05) is 29.8 Å². The molecule has 0 aliphatic rings. The van der Waals surface area contributed by atoms with Crippen molar-refractivity contribution in [3.63, 3.8) is 0 Å². The van der Waals surface area contributed by atoms with Crippen LogP contribution in [-0.4, -0.2) is 11.1 Å². The lowest BCUT2D eigenvalue weighted by molar-refractivity contribution is -0.138. The average molecular weight is 185 g/mol. The van der Waals surface area contributed by atoms with Crippen molar-refractivity contribution in [1.29, 1.82) is 0 Å². The second-order valence-corrected chi connectivity index (χ2v) is 2.99. The van der Waals surface area contributed by atoms with Crippen LogP contribution in [0, 0.1) is 0 Å². The van der Waals surface area contributed by atoms with E-state index < -0.39 is 11.9 Å². The Morgan fingerprint density at radius 3 is 2.58 bits per heavy atom. The molecule has 0 unspecified atom stereocenters. The van der Waals surface area contributed by atoms with Crippen LogP contribution in [0.15, 0.2) is 24.3 Å². The molecular weight excluding hydrogens is 176 g/mol. The van der Waals surface area contributed by atoms with Crippen LogP contribution in [0.5, 0.6) is 0 Å². The van der Waals surface area contributed by atoms with Crippen LogP contribution in [-0.2, 0) is 4.79 Å². The van der Waals surface area contributed by atoms with Crippen molar-refractivity contribution < 1.29 is 9.90 Å². The lowest BCUT2D eigenvalue weighted by Gasteiger charge is -2.07. The molecule has 0 fully saturated rings. The van der Waals surface area contributed by atoms with Gasteiger partial charge in [0.1, 0.15) is 0 Å². The number of hydrogen-bond acceptors (Lipinski definition) is 1. The first-order chi connectivity index (χ1) is 5.63. The Bertz CT molecular complexity index is 296. The van der Waals surface area contributed by atoms with E-state index in [1.54, 1.807) is 31.2 Å². The van der Waals surface area contributed by atoms with Gasteiger partial charge < -0.3 is 5.11 Å². The van der Waals surface area contributed by atoms with Crippen LogP contribution in [0.4, 0.5) is 0 Å². The Morgan fingerprint density at radius 1 is 1.50 bits per heavy atom. The second-order valence-electron chi connectivity index (χ2n) is 2.58. The minimum atomic E-state index is -0.858. The van der Waals surface area contributed by atoms with Crippen molar-refractivity contribution in [3.8, 4) is 0 Å². The van der Waals surface area contributed by atoms with Gasteiger partial charge in [-0.2, -0.15) is 0 Å². The van der Waals surface area contributed by atoms with E-state index in [0.717, 1.165) is 0 Å². The van der Waals surface area contributed by atoms with Crippen molar-refractivity contribution in [1.82, 2.24) is 0 Å². The van der Waals surface area contributed by atoms with Crippen LogP contribution in [0.25, 0.3) is 0 Å². The summed E-state index contributed by atoms with van der Waals surface area (Å²) in [6, 6.07) is 6.97. The number of hydrogen-bond donors (Lipinski definition) is 1. The van der Waals surface area contributed by atoms with E-state index in [4.69, 9.17) is 16.7 Å². The highest BCUT2D eigenvalue weighted by molar-refractivity contribution is 6.31. The molecule has 12 heavy (non-hydrogen) atoms. The Balaban J connectivity index is 3.02. The quantitative estimate of drug-likeness (QED) is 0.767. The molecule has 0 saturated carbocycles. The summed E-state index contributed by atoms with van der Waals surface area (Å²) in [5.74, 6) is -1.40. The molecule has 0 aliphatic carbocycles. The number of benzene rings is 1. The molecule has 0 bridgehead atoms. The minimum absolute atomic E-state index is 0.507. The molecule has 1 N–H and O–H groups in total. The van der Waals surface area contributed by atoms with E-state index >= 15 is 0 Å². The third-order valence-corrected chi connectivity index (χ3v) is 2.09. The fourth-order valence-electron chi connectivity index (χ4n) is 0.959. The Hall–Kier alpha value is -1.02. The Labute approximate surface area is 75.8 Å². The molecule has 0 saturated heterocycles. The maximum atomic E-state index is 10.6. The standard InChI is InChI=1S/C9H9ClO2/c1-6(9(11)12)7-4-2-3-5-8(7)10/h2-6H,1H3,(H,11,12)/t6-/m0/s1. The molecule has 1 aromatic rings. The number of halogens is 1. The zero-order valence-electron chi connectivity index (χ0n) is 6.62. The minimum Gasteiger partial charge on any atom is -0.481 e. The molecule has 0 heterocycles. The van der Waals surface area contributed by atoms with Crippen LogP contribution in [0.2, 0.25) is 5.02 Å². The van der Waals surface area contributed by atoms with Crippen molar-refractivity contribution in [3.05, 3.63) is 34.9 Å². The predicted molar refractivity (Wildman–Crippen MR) is 47.5 cm³/mol. The van der Waals surface area contributed by atoms with Gasteiger partial charge in [0.25, 0.3) is 0 Å². The normalized spacial score (nSPS) is 12.5. The number of carboxylic acids is 1. The number of rotatable bonds is 2. The SMILES string of the molecule is C[C@H](C(=O)O)c1ccccc1Cl. The summed E-state index contributed by atoms with van der Waals surface area (Å²) >= 11 is 5.80. The molecule has 3 heteroatoms. The molecule has 1 atom stereocenters. The van der Waals surface area contributed by atoms with Crippen LogP contribution in [0.3, 0.4) is 0 Å². The van der Waals surface area contributed by atoms with Crippen molar-refractivity contribution >= 4 is 17.6 Å². The van der Waals surface area contributed by atoms with E-state index in [1.807, 2.05) is 0 Å². The summed E-state index contributed by atoms with van der Waals surface area (Å²) in [5.41, 5.74) is 0.659. The molecule has 0 amide bonds. The summed E-state index contributed by atoms with van der Waals surface area (Å²) in [6.45, 7) is 1.61. The summed E-state index contributed by atoms with van der Waals surface area (Å²) in [5, 5.41) is 9.21. The first-order valence-electron chi connectivity index (χ1n) is 3.60. The molecule has 1 aromatic carbocycles. The molecule has 0 aliphatic heterocycles. The lowest BCUT2D eigenvalue weighted by Crippen LogP contribution is -2.07. The zero-order chi connectivity index (χ0) is 9.14. The van der Waals surface area contributed by atoms with Crippen molar-refractivity contribution in [2.45, 2.75) is 12.8 Å². The van der Waals surface area contributed by atoms with Gasteiger partial charge in [-0.15, -0.1) is 0 Å². The first-order valence-corrected chi connectivity index (χ1v) is 3.98. The highest BCUT2D eigenvalue weighted by Crippen LogP contribution is 2.23. The van der Waals surface area contributed by atoms with E-state index in [2.05, 4.69) is 0 Å². The molecular formula is C9H9ClO2. The fourth-order valence-corrected chi connectivity index (χ4v) is 1.26. The van der Waals surface area contributed by atoms with E-state index in [1.165, 1.54) is 0 Å². The third-order valence-electron chi connectivity index (χ3n) is 1.74. The van der Waals surface area contributed by atoms with Crippen LogP contribution in [0.1, 0.15) is 18.4 Å². The first kappa shape index (κ1) is 9.07. The summed E-state index contributed by atoms with van der Waals surface area (Å²) in [6.07, 6.45) is 0. The largest absolute Gasteiger partial charge is 0.481 e. The molecule has 64 valence electrons.